The first-order chi connectivity index (χ1) is 13.8. The second-order valence-electron chi connectivity index (χ2n) is 6.49. The normalized spacial score (nSPS) is 11.3. The number of esters is 1. The number of aryl methyl sites for hydroxylation is 1. The van der Waals surface area contributed by atoms with Gasteiger partial charge in [-0.25, -0.2) is 8.42 Å². The molecule has 0 aliphatic rings. The lowest BCUT2D eigenvalue weighted by Gasteiger charge is -2.18. The zero-order chi connectivity index (χ0) is 21.4. The van der Waals surface area contributed by atoms with Gasteiger partial charge in [-0.2, -0.15) is 4.31 Å². The summed E-state index contributed by atoms with van der Waals surface area (Å²) in [4.78, 5) is 24.1. The van der Waals surface area contributed by atoms with Gasteiger partial charge in [-0.15, -0.1) is 0 Å². The Bertz CT molecular complexity index is 951. The van der Waals surface area contributed by atoms with Crippen molar-refractivity contribution in [3.8, 4) is 0 Å². The number of sulfonamides is 1. The third kappa shape index (κ3) is 6.40. The molecule has 0 spiro atoms. The van der Waals surface area contributed by atoms with E-state index in [-0.39, 0.29) is 11.3 Å². The summed E-state index contributed by atoms with van der Waals surface area (Å²) in [5, 5.41) is 2.56. The van der Waals surface area contributed by atoms with Crippen molar-refractivity contribution in [2.24, 2.45) is 0 Å². The summed E-state index contributed by atoms with van der Waals surface area (Å²) in [6.07, 6.45) is 0.0746. The van der Waals surface area contributed by atoms with Gasteiger partial charge in [-0.05, 0) is 30.7 Å². The monoisotopic (exact) mass is 418 g/mol. The fourth-order valence-corrected chi connectivity index (χ4v) is 4.22. The summed E-state index contributed by atoms with van der Waals surface area (Å²) in [7, 11) is -3.63. The predicted molar refractivity (Wildman–Crippen MR) is 111 cm³/mol. The Morgan fingerprint density at radius 3 is 2.31 bits per heavy atom. The van der Waals surface area contributed by atoms with Gasteiger partial charge in [0, 0.05) is 18.8 Å². The van der Waals surface area contributed by atoms with Crippen LogP contribution in [0, 0.1) is 6.92 Å². The Morgan fingerprint density at radius 1 is 1.03 bits per heavy atom. The van der Waals surface area contributed by atoms with Crippen LogP contribution in [0.25, 0.3) is 0 Å². The van der Waals surface area contributed by atoms with Crippen molar-refractivity contribution in [3.05, 3.63) is 59.7 Å². The van der Waals surface area contributed by atoms with Crippen molar-refractivity contribution >= 4 is 27.6 Å². The van der Waals surface area contributed by atoms with Crippen LogP contribution in [0.5, 0.6) is 0 Å². The number of carbonyl (C=O) groups is 2. The Labute approximate surface area is 171 Å². The molecule has 0 fully saturated rings. The molecule has 0 aromatic heterocycles. The minimum Gasteiger partial charge on any atom is -0.455 e. The third-order valence-corrected chi connectivity index (χ3v) is 6.34. The van der Waals surface area contributed by atoms with E-state index < -0.39 is 28.5 Å². The van der Waals surface area contributed by atoms with Crippen LogP contribution in [0.4, 0.5) is 5.69 Å². The van der Waals surface area contributed by atoms with E-state index >= 15 is 0 Å². The molecule has 156 valence electrons. The number of amides is 1. The molecule has 0 bridgehead atoms. The smallest absolute Gasteiger partial charge is 0.310 e. The molecule has 0 radical (unpaired) electrons. The maximum absolute atomic E-state index is 12.6. The molecule has 0 heterocycles. The zero-order valence-corrected chi connectivity index (χ0v) is 17.7. The molecule has 0 saturated carbocycles. The van der Waals surface area contributed by atoms with Gasteiger partial charge in [0.05, 0.1) is 11.3 Å². The standard InChI is InChI=1S/C21H26N2O5S/c1-4-23(5-2)29(26,27)19-8-6-7-18(14-19)22-20(24)15-28-21(25)13-17-11-9-16(3)10-12-17/h6-12,14H,4-5,13,15H2,1-3H3,(H,22,24). The topological polar surface area (TPSA) is 92.8 Å². The molecule has 8 heteroatoms. The second-order valence-corrected chi connectivity index (χ2v) is 8.43. The Hall–Kier alpha value is -2.71. The first-order valence-electron chi connectivity index (χ1n) is 9.37. The van der Waals surface area contributed by atoms with Crippen molar-refractivity contribution in [2.45, 2.75) is 32.1 Å². The number of anilines is 1. The molecular weight excluding hydrogens is 392 g/mol. The Morgan fingerprint density at radius 2 is 1.69 bits per heavy atom. The van der Waals surface area contributed by atoms with Crippen LogP contribution < -0.4 is 5.32 Å². The average molecular weight is 419 g/mol. The fraction of sp³-hybridized carbons (Fsp3) is 0.333. The van der Waals surface area contributed by atoms with Crippen LogP contribution in [-0.4, -0.2) is 44.3 Å². The summed E-state index contributed by atoms with van der Waals surface area (Å²) in [6, 6.07) is 13.5. The molecule has 1 N–H and O–H groups in total. The average Bonchev–Trinajstić information content (AvgIpc) is 2.69. The van der Waals surface area contributed by atoms with E-state index in [9.17, 15) is 18.0 Å². The number of ether oxygens (including phenoxy) is 1. The number of hydrogen-bond acceptors (Lipinski definition) is 5. The molecule has 2 aromatic rings. The predicted octanol–water partition coefficient (Wildman–Crippen LogP) is 2.75. The van der Waals surface area contributed by atoms with E-state index in [0.717, 1.165) is 11.1 Å². The molecule has 2 rings (SSSR count). The highest BCUT2D eigenvalue weighted by Crippen LogP contribution is 2.19. The summed E-state index contributed by atoms with van der Waals surface area (Å²) < 4.78 is 31.5. The van der Waals surface area contributed by atoms with Crippen LogP contribution in [0.15, 0.2) is 53.4 Å². The van der Waals surface area contributed by atoms with Gasteiger partial charge >= 0.3 is 5.97 Å². The molecule has 0 unspecified atom stereocenters. The van der Waals surface area contributed by atoms with Gasteiger partial charge < -0.3 is 10.1 Å². The summed E-state index contributed by atoms with van der Waals surface area (Å²) >= 11 is 0. The Kier molecular flexibility index (Phi) is 7.92. The van der Waals surface area contributed by atoms with Gasteiger partial charge in [-0.3, -0.25) is 9.59 Å². The molecular formula is C21H26N2O5S. The zero-order valence-electron chi connectivity index (χ0n) is 16.8. The van der Waals surface area contributed by atoms with Crippen LogP contribution in [-0.2, 0) is 30.8 Å². The van der Waals surface area contributed by atoms with Gasteiger partial charge in [-0.1, -0.05) is 49.7 Å². The highest BCUT2D eigenvalue weighted by molar-refractivity contribution is 7.89. The van der Waals surface area contributed by atoms with Crippen LogP contribution in [0.2, 0.25) is 0 Å². The molecule has 1 amide bonds. The van der Waals surface area contributed by atoms with Crippen molar-refractivity contribution in [1.29, 1.82) is 0 Å². The lowest BCUT2D eigenvalue weighted by Crippen LogP contribution is -2.30. The molecule has 7 nitrogen and oxygen atoms in total. The minimum atomic E-state index is -3.63. The molecule has 29 heavy (non-hydrogen) atoms. The number of hydrogen-bond donors (Lipinski definition) is 1. The van der Waals surface area contributed by atoms with Crippen LogP contribution >= 0.6 is 0 Å². The maximum Gasteiger partial charge on any atom is 0.310 e. The highest BCUT2D eigenvalue weighted by atomic mass is 32.2. The quantitative estimate of drug-likeness (QED) is 0.632. The highest BCUT2D eigenvalue weighted by Gasteiger charge is 2.22. The van der Waals surface area contributed by atoms with Crippen molar-refractivity contribution in [3.63, 3.8) is 0 Å². The van der Waals surface area contributed by atoms with E-state index in [1.807, 2.05) is 31.2 Å². The molecule has 0 aliphatic carbocycles. The van der Waals surface area contributed by atoms with Crippen molar-refractivity contribution in [2.75, 3.05) is 25.0 Å². The van der Waals surface area contributed by atoms with Gasteiger partial charge in [0.1, 0.15) is 0 Å². The third-order valence-electron chi connectivity index (χ3n) is 4.29. The van der Waals surface area contributed by atoms with E-state index in [1.54, 1.807) is 26.0 Å². The second kappa shape index (κ2) is 10.2. The Balaban J connectivity index is 1.93. The largest absolute Gasteiger partial charge is 0.455 e. The molecule has 0 aliphatic heterocycles. The van der Waals surface area contributed by atoms with E-state index in [1.165, 1.54) is 16.4 Å². The lowest BCUT2D eigenvalue weighted by molar-refractivity contribution is -0.146. The number of nitrogens with zero attached hydrogens (tertiary/aromatic N) is 1. The number of rotatable bonds is 9. The summed E-state index contributed by atoms with van der Waals surface area (Å²) in [5.41, 5.74) is 2.21. The van der Waals surface area contributed by atoms with E-state index in [4.69, 9.17) is 4.74 Å². The van der Waals surface area contributed by atoms with Gasteiger partial charge in [0.15, 0.2) is 6.61 Å². The summed E-state index contributed by atoms with van der Waals surface area (Å²) in [6.45, 7) is 5.74. The first-order valence-corrected chi connectivity index (χ1v) is 10.8. The van der Waals surface area contributed by atoms with Gasteiger partial charge in [0.25, 0.3) is 5.91 Å². The molecule has 0 saturated heterocycles. The minimum absolute atomic E-state index is 0.0746. The first kappa shape index (κ1) is 22.6. The molecule has 2 aromatic carbocycles. The molecule has 0 atom stereocenters. The van der Waals surface area contributed by atoms with Crippen molar-refractivity contribution < 1.29 is 22.7 Å². The number of nitrogens with one attached hydrogen (secondary N) is 1. The summed E-state index contributed by atoms with van der Waals surface area (Å²) in [5.74, 6) is -1.05. The SMILES string of the molecule is CCN(CC)S(=O)(=O)c1cccc(NC(=O)COC(=O)Cc2ccc(C)cc2)c1. The van der Waals surface area contributed by atoms with Crippen LogP contribution in [0.3, 0.4) is 0 Å². The lowest BCUT2D eigenvalue weighted by atomic mass is 10.1. The van der Waals surface area contributed by atoms with Crippen molar-refractivity contribution in [1.82, 2.24) is 4.31 Å². The van der Waals surface area contributed by atoms with E-state index in [0.29, 0.717) is 18.8 Å². The van der Waals surface area contributed by atoms with Gasteiger partial charge in [0.2, 0.25) is 10.0 Å². The van der Waals surface area contributed by atoms with Crippen LogP contribution in [0.1, 0.15) is 25.0 Å². The fourth-order valence-electron chi connectivity index (χ4n) is 2.71. The number of benzene rings is 2. The van der Waals surface area contributed by atoms with E-state index in [2.05, 4.69) is 5.32 Å². The number of carbonyl (C=O) groups excluding carboxylic acids is 2. The maximum atomic E-state index is 12.6.